The number of benzene rings is 1. The summed E-state index contributed by atoms with van der Waals surface area (Å²) in [4.78, 5) is 43.0. The van der Waals surface area contributed by atoms with E-state index in [0.717, 1.165) is 59.6 Å². The van der Waals surface area contributed by atoms with Crippen LogP contribution in [0.25, 0.3) is 0 Å². The number of hydrogen-bond acceptors (Lipinski definition) is 7. The van der Waals surface area contributed by atoms with E-state index in [0.29, 0.717) is 0 Å². The summed E-state index contributed by atoms with van der Waals surface area (Å²) in [5.74, 6) is 0.0861. The van der Waals surface area contributed by atoms with Crippen molar-refractivity contribution in [2.24, 2.45) is 0 Å². The van der Waals surface area contributed by atoms with Gasteiger partial charge in [-0.2, -0.15) is 0 Å². The SMILES string of the molecule is CC(C)N1C(=O)C(=O)N(CN2CCN(Cc3ccc4c(c3)OCO4)CC2)C1=O. The second-order valence-corrected chi connectivity index (χ2v) is 7.51. The molecule has 9 nitrogen and oxygen atoms in total. The molecular formula is C19H24N4O5. The average Bonchev–Trinajstić information content (AvgIpc) is 3.21. The van der Waals surface area contributed by atoms with Crippen LogP contribution in [0.2, 0.25) is 0 Å². The van der Waals surface area contributed by atoms with Crippen LogP contribution in [0, 0.1) is 0 Å². The summed E-state index contributed by atoms with van der Waals surface area (Å²) in [6, 6.07) is 5.12. The van der Waals surface area contributed by atoms with Crippen LogP contribution in [-0.2, 0) is 16.1 Å². The Hall–Kier alpha value is -2.65. The van der Waals surface area contributed by atoms with Crippen LogP contribution in [0.3, 0.4) is 0 Å². The van der Waals surface area contributed by atoms with Gasteiger partial charge < -0.3 is 9.47 Å². The van der Waals surface area contributed by atoms with Gasteiger partial charge in [0, 0.05) is 38.8 Å². The lowest BCUT2D eigenvalue weighted by Gasteiger charge is -2.36. The average molecular weight is 388 g/mol. The van der Waals surface area contributed by atoms with Gasteiger partial charge in [0.15, 0.2) is 11.5 Å². The highest BCUT2D eigenvalue weighted by molar-refractivity contribution is 6.44. The molecule has 4 amide bonds. The fourth-order valence-electron chi connectivity index (χ4n) is 3.69. The Morgan fingerprint density at radius 3 is 2.29 bits per heavy atom. The third-order valence-corrected chi connectivity index (χ3v) is 5.25. The quantitative estimate of drug-likeness (QED) is 0.542. The molecule has 2 saturated heterocycles. The molecular weight excluding hydrogens is 364 g/mol. The Bertz CT molecular complexity index is 804. The summed E-state index contributed by atoms with van der Waals surface area (Å²) in [7, 11) is 0. The summed E-state index contributed by atoms with van der Waals surface area (Å²) in [6.45, 7) is 7.73. The topological polar surface area (TPSA) is 82.6 Å². The molecule has 0 bridgehead atoms. The molecule has 0 N–H and O–H groups in total. The van der Waals surface area contributed by atoms with Crippen molar-refractivity contribution in [1.82, 2.24) is 19.6 Å². The predicted molar refractivity (Wildman–Crippen MR) is 98.5 cm³/mol. The third-order valence-electron chi connectivity index (χ3n) is 5.25. The van der Waals surface area contributed by atoms with Gasteiger partial charge in [-0.25, -0.2) is 9.69 Å². The Labute approximate surface area is 163 Å². The van der Waals surface area contributed by atoms with Crippen molar-refractivity contribution in [3.63, 3.8) is 0 Å². The normalized spacial score (nSPS) is 20.8. The minimum atomic E-state index is -0.735. The van der Waals surface area contributed by atoms with Crippen LogP contribution in [-0.4, -0.2) is 83.1 Å². The zero-order valence-corrected chi connectivity index (χ0v) is 16.1. The number of rotatable bonds is 5. The first-order valence-corrected chi connectivity index (χ1v) is 9.46. The van der Waals surface area contributed by atoms with Gasteiger partial charge in [0.1, 0.15) is 0 Å². The highest BCUT2D eigenvalue weighted by atomic mass is 16.7. The number of carbonyl (C=O) groups excluding carboxylic acids is 3. The number of hydrogen-bond donors (Lipinski definition) is 0. The summed E-state index contributed by atoms with van der Waals surface area (Å²) in [5.41, 5.74) is 1.15. The smallest absolute Gasteiger partial charge is 0.335 e. The number of imide groups is 2. The lowest BCUT2D eigenvalue weighted by Crippen LogP contribution is -2.51. The molecule has 0 aliphatic carbocycles. The standard InChI is InChI=1S/C19H24N4O5/c1-13(2)23-18(25)17(24)22(19(23)26)11-21-7-5-20(6-8-21)10-14-3-4-15-16(9-14)28-12-27-15/h3-4,9,13H,5-8,10-12H2,1-2H3. The second-order valence-electron chi connectivity index (χ2n) is 7.51. The van der Waals surface area contributed by atoms with E-state index in [2.05, 4.69) is 4.90 Å². The van der Waals surface area contributed by atoms with E-state index in [9.17, 15) is 14.4 Å². The van der Waals surface area contributed by atoms with Crippen LogP contribution in [0.1, 0.15) is 19.4 Å². The van der Waals surface area contributed by atoms with Gasteiger partial charge in [0.05, 0.1) is 6.67 Å². The molecule has 2 fully saturated rings. The molecule has 150 valence electrons. The van der Waals surface area contributed by atoms with Crippen molar-refractivity contribution in [2.45, 2.75) is 26.4 Å². The first kappa shape index (κ1) is 18.7. The number of ether oxygens (including phenoxy) is 2. The van der Waals surface area contributed by atoms with Crippen molar-refractivity contribution in [2.75, 3.05) is 39.6 Å². The van der Waals surface area contributed by atoms with Gasteiger partial charge in [-0.05, 0) is 31.5 Å². The molecule has 1 aromatic carbocycles. The van der Waals surface area contributed by atoms with E-state index >= 15 is 0 Å². The summed E-state index contributed by atoms with van der Waals surface area (Å²) >= 11 is 0. The van der Waals surface area contributed by atoms with Crippen molar-refractivity contribution in [3.05, 3.63) is 23.8 Å². The molecule has 3 aliphatic heterocycles. The molecule has 0 atom stereocenters. The molecule has 28 heavy (non-hydrogen) atoms. The zero-order chi connectivity index (χ0) is 19.8. The molecule has 4 rings (SSSR count). The van der Waals surface area contributed by atoms with Crippen molar-refractivity contribution in [1.29, 1.82) is 0 Å². The molecule has 0 aromatic heterocycles. The third kappa shape index (κ3) is 3.43. The molecule has 3 heterocycles. The molecule has 0 spiro atoms. The Balaban J connectivity index is 1.30. The van der Waals surface area contributed by atoms with E-state index in [4.69, 9.17) is 9.47 Å². The molecule has 0 radical (unpaired) electrons. The lowest BCUT2D eigenvalue weighted by atomic mass is 10.1. The van der Waals surface area contributed by atoms with E-state index in [1.165, 1.54) is 0 Å². The highest BCUT2D eigenvalue weighted by Gasteiger charge is 2.46. The minimum absolute atomic E-state index is 0.157. The van der Waals surface area contributed by atoms with E-state index in [1.807, 2.05) is 23.1 Å². The van der Waals surface area contributed by atoms with Crippen LogP contribution in [0.15, 0.2) is 18.2 Å². The van der Waals surface area contributed by atoms with Gasteiger partial charge in [-0.15, -0.1) is 0 Å². The number of nitrogens with zero attached hydrogens (tertiary/aromatic N) is 4. The van der Waals surface area contributed by atoms with Crippen LogP contribution >= 0.6 is 0 Å². The molecule has 1 aromatic rings. The Morgan fingerprint density at radius 2 is 1.61 bits per heavy atom. The maximum atomic E-state index is 12.4. The molecule has 3 aliphatic rings. The van der Waals surface area contributed by atoms with Crippen molar-refractivity contribution < 1.29 is 23.9 Å². The molecule has 9 heteroatoms. The second kappa shape index (κ2) is 7.40. The molecule has 0 saturated carbocycles. The number of piperazine rings is 1. The predicted octanol–water partition coefficient (Wildman–Crippen LogP) is 0.690. The Kier molecular flexibility index (Phi) is 4.94. The lowest BCUT2D eigenvalue weighted by molar-refractivity contribution is -0.144. The number of urea groups is 1. The van der Waals surface area contributed by atoms with Gasteiger partial charge in [0.2, 0.25) is 6.79 Å². The van der Waals surface area contributed by atoms with Gasteiger partial charge in [0.25, 0.3) is 0 Å². The van der Waals surface area contributed by atoms with E-state index < -0.39 is 17.8 Å². The maximum Gasteiger partial charge on any atom is 0.335 e. The number of carbonyl (C=O) groups is 3. The summed E-state index contributed by atoms with van der Waals surface area (Å²) in [5, 5.41) is 0. The van der Waals surface area contributed by atoms with Crippen LogP contribution < -0.4 is 9.47 Å². The largest absolute Gasteiger partial charge is 0.454 e. The zero-order valence-electron chi connectivity index (χ0n) is 16.1. The van der Waals surface area contributed by atoms with Crippen molar-refractivity contribution in [3.8, 4) is 11.5 Å². The maximum absolute atomic E-state index is 12.4. The van der Waals surface area contributed by atoms with E-state index in [1.54, 1.807) is 13.8 Å². The molecule has 0 unspecified atom stereocenters. The number of fused-ring (bicyclic) bond motifs is 1. The fourth-order valence-corrected chi connectivity index (χ4v) is 3.69. The highest BCUT2D eigenvalue weighted by Crippen LogP contribution is 2.32. The monoisotopic (exact) mass is 388 g/mol. The summed E-state index contributed by atoms with van der Waals surface area (Å²) in [6.07, 6.45) is 0. The van der Waals surface area contributed by atoms with Crippen LogP contribution in [0.4, 0.5) is 4.79 Å². The fraction of sp³-hybridized carbons (Fsp3) is 0.526. The van der Waals surface area contributed by atoms with E-state index in [-0.39, 0.29) is 19.5 Å². The number of amides is 4. The minimum Gasteiger partial charge on any atom is -0.454 e. The first-order valence-electron chi connectivity index (χ1n) is 9.46. The first-order chi connectivity index (χ1) is 13.4. The van der Waals surface area contributed by atoms with Gasteiger partial charge in [-0.1, -0.05) is 6.07 Å². The summed E-state index contributed by atoms with van der Waals surface area (Å²) < 4.78 is 10.8. The van der Waals surface area contributed by atoms with Crippen LogP contribution in [0.5, 0.6) is 11.5 Å². The van der Waals surface area contributed by atoms with Gasteiger partial charge >= 0.3 is 17.8 Å². The van der Waals surface area contributed by atoms with Gasteiger partial charge in [-0.3, -0.25) is 24.3 Å². The Morgan fingerprint density at radius 1 is 0.929 bits per heavy atom. The van der Waals surface area contributed by atoms with Crippen molar-refractivity contribution >= 4 is 17.8 Å².